The van der Waals surface area contributed by atoms with Crippen LogP contribution in [-0.2, 0) is 9.53 Å². The fourth-order valence-electron chi connectivity index (χ4n) is 5.71. The van der Waals surface area contributed by atoms with Crippen LogP contribution >= 0.6 is 0 Å². The molecular weight excluding hydrogens is 410 g/mol. The van der Waals surface area contributed by atoms with Crippen LogP contribution in [-0.4, -0.2) is 24.5 Å². The molecule has 0 aromatic carbocycles. The number of ketones is 1. The quantitative estimate of drug-likeness (QED) is 0.166. The van der Waals surface area contributed by atoms with Crippen LogP contribution in [0.3, 0.4) is 0 Å². The number of allylic oxidation sites excluding steroid dienone is 2. The van der Waals surface area contributed by atoms with Gasteiger partial charge in [0.15, 0.2) is 0 Å². The number of unbranched alkanes of at least 4 members (excludes halogenated alkanes) is 10. The average molecular weight is 462 g/mol. The third-order valence-corrected chi connectivity index (χ3v) is 7.74. The van der Waals surface area contributed by atoms with Crippen molar-refractivity contribution in [3.8, 4) is 0 Å². The lowest BCUT2D eigenvalue weighted by atomic mass is 9.73. The molecule has 4 nitrogen and oxygen atoms in total. The zero-order valence-electron chi connectivity index (χ0n) is 22.0. The predicted molar refractivity (Wildman–Crippen MR) is 137 cm³/mol. The highest BCUT2D eigenvalue weighted by Crippen LogP contribution is 2.48. The summed E-state index contributed by atoms with van der Waals surface area (Å²) >= 11 is 0. The van der Waals surface area contributed by atoms with E-state index in [9.17, 15) is 9.59 Å². The number of carbonyl (C=O) groups excluding carboxylic acids is 2. The second kappa shape index (κ2) is 14.8. The van der Waals surface area contributed by atoms with Crippen molar-refractivity contribution < 1.29 is 14.3 Å². The number of Topliss-reactive ketones (excluding diaryl/α,β-unsaturated/α-hetero) is 1. The van der Waals surface area contributed by atoms with E-state index in [1.807, 2.05) is 20.8 Å². The van der Waals surface area contributed by atoms with Crippen molar-refractivity contribution >= 4 is 11.9 Å². The maximum absolute atomic E-state index is 13.3. The molecule has 1 N–H and O–H groups in total. The Balaban J connectivity index is 1.71. The molecule has 190 valence electrons. The Labute approximate surface area is 203 Å². The van der Waals surface area contributed by atoms with E-state index in [0.717, 1.165) is 19.3 Å². The van der Waals surface area contributed by atoms with E-state index in [1.54, 1.807) is 0 Å². The number of alkyl carbamates (subject to hydrolysis) is 1. The van der Waals surface area contributed by atoms with Gasteiger partial charge >= 0.3 is 6.09 Å². The van der Waals surface area contributed by atoms with Gasteiger partial charge in [0, 0.05) is 12.5 Å². The van der Waals surface area contributed by atoms with Gasteiger partial charge < -0.3 is 10.1 Å². The molecule has 2 aliphatic rings. The summed E-state index contributed by atoms with van der Waals surface area (Å²) in [6.45, 7) is 8.32. The second-order valence-corrected chi connectivity index (χ2v) is 11.4. The Kier molecular flexibility index (Phi) is 12.6. The zero-order valence-corrected chi connectivity index (χ0v) is 22.0. The lowest BCUT2D eigenvalue weighted by Crippen LogP contribution is -2.39. The maximum Gasteiger partial charge on any atom is 0.407 e. The van der Waals surface area contributed by atoms with E-state index < -0.39 is 11.5 Å². The van der Waals surface area contributed by atoms with Crippen LogP contribution < -0.4 is 5.32 Å². The van der Waals surface area contributed by atoms with Gasteiger partial charge in [0.1, 0.15) is 12.4 Å². The lowest BCUT2D eigenvalue weighted by molar-refractivity contribution is -0.131. The molecule has 2 aliphatic carbocycles. The minimum absolute atomic E-state index is 0.0338. The first-order valence-electron chi connectivity index (χ1n) is 14.0. The molecule has 2 rings (SSSR count). The number of carbonyl (C=O) groups is 2. The molecule has 0 aromatic rings. The molecule has 1 fully saturated rings. The first-order valence-corrected chi connectivity index (χ1v) is 14.0. The highest BCUT2D eigenvalue weighted by Gasteiger charge is 2.43. The molecule has 0 aliphatic heterocycles. The van der Waals surface area contributed by atoms with Crippen molar-refractivity contribution in [3.05, 3.63) is 12.2 Å². The number of rotatable bonds is 18. The molecule has 4 atom stereocenters. The number of hydrogen-bond donors (Lipinski definition) is 1. The number of hydrogen-bond acceptors (Lipinski definition) is 3. The highest BCUT2D eigenvalue weighted by atomic mass is 16.5. The molecule has 0 heterocycles. The van der Waals surface area contributed by atoms with Crippen molar-refractivity contribution in [1.82, 2.24) is 5.32 Å². The predicted octanol–water partition coefficient (Wildman–Crippen LogP) is 8.00. The summed E-state index contributed by atoms with van der Waals surface area (Å²) in [5, 5.41) is 2.78. The summed E-state index contributed by atoms with van der Waals surface area (Å²) in [6, 6.07) is 0.0338. The molecule has 0 aromatic heterocycles. The largest absolute Gasteiger partial charge is 0.449 e. The van der Waals surface area contributed by atoms with Gasteiger partial charge in [-0.2, -0.15) is 0 Å². The Hall–Kier alpha value is -1.32. The molecule has 1 amide bonds. The first kappa shape index (κ1) is 27.9. The van der Waals surface area contributed by atoms with Gasteiger partial charge in [-0.3, -0.25) is 4.79 Å². The topological polar surface area (TPSA) is 55.4 Å². The van der Waals surface area contributed by atoms with Crippen LogP contribution in [0.25, 0.3) is 0 Å². The van der Waals surface area contributed by atoms with Crippen LogP contribution in [0.4, 0.5) is 4.79 Å². The van der Waals surface area contributed by atoms with Gasteiger partial charge in [-0.15, -0.1) is 0 Å². The summed E-state index contributed by atoms with van der Waals surface area (Å²) in [6.07, 6.45) is 22.3. The van der Waals surface area contributed by atoms with E-state index in [4.69, 9.17) is 4.74 Å². The van der Waals surface area contributed by atoms with Crippen LogP contribution in [0.2, 0.25) is 0 Å². The fourth-order valence-corrected chi connectivity index (χ4v) is 5.71. The number of amides is 1. The maximum atomic E-state index is 13.3. The van der Waals surface area contributed by atoms with Crippen molar-refractivity contribution in [3.63, 3.8) is 0 Å². The van der Waals surface area contributed by atoms with Gasteiger partial charge in [-0.05, 0) is 64.2 Å². The van der Waals surface area contributed by atoms with Crippen LogP contribution in [0.1, 0.15) is 124 Å². The Morgan fingerprint density at radius 1 is 0.939 bits per heavy atom. The van der Waals surface area contributed by atoms with Crippen LogP contribution in [0.15, 0.2) is 12.2 Å². The van der Waals surface area contributed by atoms with Gasteiger partial charge in [-0.1, -0.05) is 83.3 Å². The SMILES string of the molecule is CCCCCCCCCCCCCC(=O)C(C)(COC(=O)NC(C)C)CC1CC2C=CC1C2. The average Bonchev–Trinajstić information content (AvgIpc) is 3.38. The Bertz CT molecular complexity index is 614. The second-order valence-electron chi connectivity index (χ2n) is 11.4. The van der Waals surface area contributed by atoms with Gasteiger partial charge in [0.05, 0.1) is 5.41 Å². The molecule has 4 heteroatoms. The molecule has 1 saturated carbocycles. The molecule has 0 saturated heterocycles. The van der Waals surface area contributed by atoms with Gasteiger partial charge in [-0.25, -0.2) is 4.79 Å². The van der Waals surface area contributed by atoms with E-state index in [2.05, 4.69) is 24.4 Å². The van der Waals surface area contributed by atoms with Crippen LogP contribution in [0, 0.1) is 23.2 Å². The van der Waals surface area contributed by atoms with E-state index >= 15 is 0 Å². The molecule has 0 radical (unpaired) electrons. The van der Waals surface area contributed by atoms with Crippen molar-refractivity contribution in [1.29, 1.82) is 0 Å². The Morgan fingerprint density at radius 3 is 2.06 bits per heavy atom. The molecule has 4 unspecified atom stereocenters. The number of fused-ring (bicyclic) bond motifs is 2. The monoisotopic (exact) mass is 461 g/mol. The van der Waals surface area contributed by atoms with Gasteiger partial charge in [0.25, 0.3) is 0 Å². The first-order chi connectivity index (χ1) is 15.8. The summed E-state index contributed by atoms with van der Waals surface area (Å²) in [7, 11) is 0. The minimum atomic E-state index is -0.574. The molecule has 33 heavy (non-hydrogen) atoms. The summed E-state index contributed by atoms with van der Waals surface area (Å²) in [5.41, 5.74) is -0.574. The van der Waals surface area contributed by atoms with Crippen molar-refractivity contribution in [2.75, 3.05) is 6.61 Å². The number of ether oxygens (including phenoxy) is 1. The lowest BCUT2D eigenvalue weighted by Gasteiger charge is -2.32. The highest BCUT2D eigenvalue weighted by molar-refractivity contribution is 5.85. The minimum Gasteiger partial charge on any atom is -0.449 e. The smallest absolute Gasteiger partial charge is 0.407 e. The van der Waals surface area contributed by atoms with Crippen LogP contribution in [0.5, 0.6) is 0 Å². The fraction of sp³-hybridized carbons (Fsp3) is 0.862. The van der Waals surface area contributed by atoms with Gasteiger partial charge in [0.2, 0.25) is 0 Å². The normalized spacial score (nSPS) is 23.1. The molecular formula is C29H51NO3. The van der Waals surface area contributed by atoms with E-state index in [-0.39, 0.29) is 18.4 Å². The molecule has 0 spiro atoms. The summed E-state index contributed by atoms with van der Waals surface area (Å²) in [5.74, 6) is 2.12. The van der Waals surface area contributed by atoms with E-state index in [0.29, 0.717) is 24.2 Å². The summed E-state index contributed by atoms with van der Waals surface area (Å²) < 4.78 is 5.55. The summed E-state index contributed by atoms with van der Waals surface area (Å²) in [4.78, 5) is 25.4. The Morgan fingerprint density at radius 2 is 1.55 bits per heavy atom. The third-order valence-electron chi connectivity index (χ3n) is 7.74. The van der Waals surface area contributed by atoms with Crippen molar-refractivity contribution in [2.24, 2.45) is 23.2 Å². The van der Waals surface area contributed by atoms with Crippen molar-refractivity contribution in [2.45, 2.75) is 130 Å². The van der Waals surface area contributed by atoms with E-state index in [1.165, 1.54) is 70.6 Å². The standard InChI is InChI=1S/C29H51NO3/c1-5-6-7-8-9-10-11-12-13-14-15-16-27(31)29(4,22-33-28(32)30-23(2)3)21-26-20-24-17-18-25(26)19-24/h17-18,23-26H,5-16,19-22H2,1-4H3,(H,30,32). The number of nitrogens with one attached hydrogen (secondary N) is 1. The zero-order chi connectivity index (χ0) is 24.1. The molecule has 2 bridgehead atoms. The third kappa shape index (κ3) is 10.2.